The molecule has 0 heterocycles. The van der Waals surface area contributed by atoms with Gasteiger partial charge in [-0.05, 0) is 75.3 Å². The zero-order valence-electron chi connectivity index (χ0n) is 35.2. The van der Waals surface area contributed by atoms with Crippen LogP contribution in [0.25, 0.3) is 0 Å². The number of aliphatic carboxylic acids is 1. The minimum absolute atomic E-state index is 0.0111. The van der Waals surface area contributed by atoms with Crippen LogP contribution in [0.1, 0.15) is 145 Å². The summed E-state index contributed by atoms with van der Waals surface area (Å²) >= 11 is 0. The monoisotopic (exact) mass is 783 g/mol. The summed E-state index contributed by atoms with van der Waals surface area (Å²) in [6.45, 7) is 16.6. The first kappa shape index (κ1) is 51.7. The van der Waals surface area contributed by atoms with Crippen molar-refractivity contribution in [2.24, 2.45) is 40.9 Å². The average Bonchev–Trinajstić information content (AvgIpc) is 3.03. The molecule has 12 N–H and O–H groups in total. The molecule has 0 aliphatic heterocycles. The highest BCUT2D eigenvalue weighted by Gasteiger charge is 2.27. The maximum Gasteiger partial charge on any atom is 0.305 e. The van der Waals surface area contributed by atoms with E-state index in [9.17, 15) is 33.9 Å². The van der Waals surface area contributed by atoms with Crippen LogP contribution < -0.4 is 43.8 Å². The van der Waals surface area contributed by atoms with E-state index in [1.54, 1.807) is 0 Å². The third-order valence-electron chi connectivity index (χ3n) is 9.54. The fraction of sp³-hybridized carbons (Fsp3) is 0.850. The predicted molar refractivity (Wildman–Crippen MR) is 217 cm³/mol. The van der Waals surface area contributed by atoms with Gasteiger partial charge in [-0.3, -0.25) is 28.8 Å². The van der Waals surface area contributed by atoms with Crippen LogP contribution in [0.3, 0.4) is 0 Å². The Balaban J connectivity index is 5.59. The van der Waals surface area contributed by atoms with Crippen molar-refractivity contribution >= 4 is 35.5 Å². The van der Waals surface area contributed by atoms with Gasteiger partial charge in [-0.25, -0.2) is 0 Å². The van der Waals surface area contributed by atoms with Crippen LogP contribution in [0.5, 0.6) is 0 Å². The summed E-state index contributed by atoms with van der Waals surface area (Å²) in [4.78, 5) is 77.2. The van der Waals surface area contributed by atoms with Crippen LogP contribution >= 0.6 is 0 Å². The van der Waals surface area contributed by atoms with Gasteiger partial charge in [-0.2, -0.15) is 0 Å². The minimum Gasteiger partial charge on any atom is -0.481 e. The number of nitrogens with two attached hydrogens (primary N) is 3. The van der Waals surface area contributed by atoms with Crippen molar-refractivity contribution < 1.29 is 33.9 Å². The van der Waals surface area contributed by atoms with Crippen molar-refractivity contribution in [1.29, 1.82) is 0 Å². The summed E-state index contributed by atoms with van der Waals surface area (Å²) < 4.78 is 0. The second-order valence-electron chi connectivity index (χ2n) is 16.8. The predicted octanol–water partition coefficient (Wildman–Crippen LogP) is 2.83. The lowest BCUT2D eigenvalue weighted by Gasteiger charge is -2.27. The molecular formula is C40H78N8O7. The number of unbranched alkanes of at least 4 members (excludes halogenated alkanes) is 2. The van der Waals surface area contributed by atoms with Gasteiger partial charge in [0.1, 0.15) is 0 Å². The van der Waals surface area contributed by atoms with E-state index < -0.39 is 36.2 Å². The van der Waals surface area contributed by atoms with E-state index in [2.05, 4.69) is 26.6 Å². The van der Waals surface area contributed by atoms with Crippen molar-refractivity contribution in [2.45, 2.75) is 182 Å². The van der Waals surface area contributed by atoms with Crippen LogP contribution in [0.2, 0.25) is 0 Å². The maximum atomic E-state index is 13.4. The van der Waals surface area contributed by atoms with Gasteiger partial charge in [-0.1, -0.05) is 68.2 Å². The van der Waals surface area contributed by atoms with Gasteiger partial charge < -0.3 is 48.9 Å². The van der Waals surface area contributed by atoms with E-state index in [-0.39, 0.29) is 97.8 Å². The maximum absolute atomic E-state index is 13.4. The highest BCUT2D eigenvalue weighted by molar-refractivity contribution is 5.83. The molecule has 15 heteroatoms. The molecule has 0 saturated heterocycles. The fourth-order valence-corrected chi connectivity index (χ4v) is 6.44. The number of carbonyl (C=O) groups excluding carboxylic acids is 5. The normalized spacial score (nSPS) is 14.9. The fourth-order valence-electron chi connectivity index (χ4n) is 6.44. The van der Waals surface area contributed by atoms with Crippen LogP contribution in [-0.2, 0) is 28.8 Å². The Labute approximate surface area is 331 Å². The van der Waals surface area contributed by atoms with E-state index in [1.807, 2.05) is 55.4 Å². The molecule has 0 spiro atoms. The Kier molecular flexibility index (Phi) is 27.3. The molecule has 0 fully saturated rings. The Morgan fingerprint density at radius 2 is 0.836 bits per heavy atom. The molecule has 0 saturated carbocycles. The summed E-state index contributed by atoms with van der Waals surface area (Å²) in [6, 6.07) is -2.66. The number of carboxylic acid groups (broad SMARTS) is 1. The molecule has 0 radical (unpaired) electrons. The summed E-state index contributed by atoms with van der Waals surface area (Å²) in [7, 11) is 0. The number of amides is 5. The summed E-state index contributed by atoms with van der Waals surface area (Å²) in [5.74, 6) is -2.02. The number of hydrogen-bond acceptors (Lipinski definition) is 9. The second-order valence-corrected chi connectivity index (χ2v) is 16.8. The number of nitrogens with one attached hydrogen (secondary N) is 5. The molecular weight excluding hydrogens is 704 g/mol. The number of carbonyl (C=O) groups is 6. The lowest BCUT2D eigenvalue weighted by molar-refractivity contribution is -0.138. The molecule has 0 unspecified atom stereocenters. The molecule has 0 bridgehead atoms. The SMILES string of the molecule is CC(C)C[C@@H](CC(=O)O)NC(=O)C[C@H](CCCCN)NC(=O)C[C@@H](NC(=O)C[C@H](CC(C)C)NC(=O)C[C@H](CCCCN)NC(=O)C[C@@H](N)C(C)C)C(C)C. The van der Waals surface area contributed by atoms with Crippen LogP contribution in [0.15, 0.2) is 0 Å². The summed E-state index contributed by atoms with van der Waals surface area (Å²) in [6.07, 6.45) is 5.12. The largest absolute Gasteiger partial charge is 0.481 e. The average molecular weight is 783 g/mol. The van der Waals surface area contributed by atoms with E-state index in [4.69, 9.17) is 17.2 Å². The smallest absolute Gasteiger partial charge is 0.305 e. The standard InChI is InChI=1S/C40H78N8O7/c1-25(2)17-31(46-35(49)19-29(13-9-11-15-41)44-38(52)23-33(43)27(5)6)21-37(51)48-34(28(7)8)24-39(53)45-30(14-10-12-16-42)20-36(50)47-32(18-26(3)4)22-40(54)55/h25-34H,9-24,41-43H2,1-8H3,(H,44,52)(H,45,53)(H,46,49)(H,47,50)(H,48,51)(H,54,55)/t29-,30-,31-,32-,33+,34+/m0/s1. The van der Waals surface area contributed by atoms with Crippen LogP contribution in [0, 0.1) is 23.7 Å². The summed E-state index contributed by atoms with van der Waals surface area (Å²) in [5, 5.41) is 24.1. The Morgan fingerprint density at radius 1 is 0.473 bits per heavy atom. The van der Waals surface area contributed by atoms with Gasteiger partial charge in [0.05, 0.1) is 6.42 Å². The third-order valence-corrected chi connectivity index (χ3v) is 9.54. The molecule has 5 amide bonds. The zero-order valence-corrected chi connectivity index (χ0v) is 35.2. The molecule has 0 aromatic rings. The molecule has 0 aromatic heterocycles. The van der Waals surface area contributed by atoms with Crippen LogP contribution in [-0.4, -0.2) is 90.0 Å². The quantitative estimate of drug-likeness (QED) is 0.0465. The second kappa shape index (κ2) is 29.0. The number of rotatable bonds is 31. The van der Waals surface area contributed by atoms with Crippen molar-refractivity contribution in [3.63, 3.8) is 0 Å². The van der Waals surface area contributed by atoms with E-state index in [1.165, 1.54) is 0 Å². The van der Waals surface area contributed by atoms with Gasteiger partial charge in [0.2, 0.25) is 29.5 Å². The number of hydrogen-bond donors (Lipinski definition) is 9. The lowest BCUT2D eigenvalue weighted by atomic mass is 9.97. The Hall–Kier alpha value is -3.30. The minimum atomic E-state index is -0.995. The van der Waals surface area contributed by atoms with Gasteiger partial charge in [0.25, 0.3) is 0 Å². The molecule has 55 heavy (non-hydrogen) atoms. The number of carboxylic acids is 1. The first-order valence-corrected chi connectivity index (χ1v) is 20.6. The van der Waals surface area contributed by atoms with Crippen molar-refractivity contribution in [1.82, 2.24) is 26.6 Å². The van der Waals surface area contributed by atoms with E-state index >= 15 is 0 Å². The Bertz CT molecular complexity index is 1150. The first-order chi connectivity index (χ1) is 25.7. The van der Waals surface area contributed by atoms with Gasteiger partial charge in [-0.15, -0.1) is 0 Å². The molecule has 320 valence electrons. The third kappa shape index (κ3) is 27.0. The summed E-state index contributed by atoms with van der Waals surface area (Å²) in [5.41, 5.74) is 17.5. The molecule has 0 aliphatic rings. The first-order valence-electron chi connectivity index (χ1n) is 20.6. The van der Waals surface area contributed by atoms with Gasteiger partial charge in [0, 0.05) is 68.4 Å². The van der Waals surface area contributed by atoms with Crippen LogP contribution in [0.4, 0.5) is 0 Å². The highest BCUT2D eigenvalue weighted by Crippen LogP contribution is 2.15. The molecule has 6 atom stereocenters. The lowest BCUT2D eigenvalue weighted by Crippen LogP contribution is -2.48. The molecule has 0 aliphatic carbocycles. The molecule has 15 nitrogen and oxygen atoms in total. The zero-order chi connectivity index (χ0) is 42.1. The highest BCUT2D eigenvalue weighted by atomic mass is 16.4. The molecule has 0 rings (SSSR count). The topological polar surface area (TPSA) is 261 Å². The molecule has 0 aromatic carbocycles. The van der Waals surface area contributed by atoms with Gasteiger partial charge in [0.15, 0.2) is 0 Å². The van der Waals surface area contributed by atoms with Gasteiger partial charge >= 0.3 is 5.97 Å². The van der Waals surface area contributed by atoms with E-state index in [0.717, 1.165) is 19.3 Å². The van der Waals surface area contributed by atoms with Crippen molar-refractivity contribution in [3.8, 4) is 0 Å². The van der Waals surface area contributed by atoms with Crippen molar-refractivity contribution in [3.05, 3.63) is 0 Å². The Morgan fingerprint density at radius 3 is 1.22 bits per heavy atom. The van der Waals surface area contributed by atoms with E-state index in [0.29, 0.717) is 45.2 Å². The van der Waals surface area contributed by atoms with Crippen molar-refractivity contribution in [2.75, 3.05) is 13.1 Å².